The van der Waals surface area contributed by atoms with Crippen molar-refractivity contribution in [1.82, 2.24) is 4.98 Å². The summed E-state index contributed by atoms with van der Waals surface area (Å²) in [6, 6.07) is 4.03. The zero-order valence-electron chi connectivity index (χ0n) is 8.48. The minimum Gasteiger partial charge on any atom is -0.289 e. The van der Waals surface area contributed by atoms with Crippen LogP contribution in [0.15, 0.2) is 12.1 Å². The van der Waals surface area contributed by atoms with Crippen molar-refractivity contribution < 1.29 is 5.21 Å². The van der Waals surface area contributed by atoms with E-state index in [1.165, 1.54) is 22.5 Å². The first-order chi connectivity index (χ1) is 7.11. The number of benzene rings is 1. The Labute approximate surface area is 91.3 Å². The number of aromatic nitrogens is 1. The summed E-state index contributed by atoms with van der Waals surface area (Å²) < 4.78 is 1.02. The Bertz CT molecular complexity index is 482. The van der Waals surface area contributed by atoms with E-state index in [0.29, 0.717) is 5.13 Å². The Balaban J connectivity index is 2.60. The third kappa shape index (κ3) is 1.71. The highest BCUT2D eigenvalue weighted by atomic mass is 32.1. The molecule has 0 radical (unpaired) electrons. The average Bonchev–Trinajstić information content (AvgIpc) is 2.60. The van der Waals surface area contributed by atoms with Gasteiger partial charge in [0.1, 0.15) is 6.34 Å². The molecule has 1 heterocycles. The van der Waals surface area contributed by atoms with Gasteiger partial charge in [-0.3, -0.25) is 10.6 Å². The molecule has 2 aromatic rings. The molecule has 0 aliphatic carbocycles. The van der Waals surface area contributed by atoms with Gasteiger partial charge in [0.25, 0.3) is 0 Å². The zero-order valence-corrected chi connectivity index (χ0v) is 9.30. The number of hydroxylamine groups is 1. The number of aryl methyl sites for hydroxylation is 2. The van der Waals surface area contributed by atoms with E-state index < -0.39 is 0 Å². The van der Waals surface area contributed by atoms with Crippen LogP contribution in [0.1, 0.15) is 11.1 Å². The molecule has 0 amide bonds. The second kappa shape index (κ2) is 3.60. The molecular formula is C10H11N3OS. The smallest absolute Gasteiger partial charge is 0.216 e. The SMILES string of the molecule is Cc1cc2nc(N(O)C=N)sc2cc1C. The average molecular weight is 221 g/mol. The van der Waals surface area contributed by atoms with E-state index in [2.05, 4.69) is 4.98 Å². The maximum absolute atomic E-state index is 9.31. The number of hydrogen-bond donors (Lipinski definition) is 2. The lowest BCUT2D eigenvalue weighted by atomic mass is 10.1. The zero-order chi connectivity index (χ0) is 11.0. The van der Waals surface area contributed by atoms with E-state index in [-0.39, 0.29) is 0 Å². The quantitative estimate of drug-likeness (QED) is 0.465. The van der Waals surface area contributed by atoms with Gasteiger partial charge in [-0.05, 0) is 37.1 Å². The standard InChI is InChI=1S/C10H11N3OS/c1-6-3-8-9(4-7(6)2)15-10(12-8)13(14)5-11/h3-5,11,14H,1-2H3. The van der Waals surface area contributed by atoms with Gasteiger partial charge in [-0.25, -0.2) is 4.98 Å². The number of nitrogens with one attached hydrogen (secondary N) is 1. The van der Waals surface area contributed by atoms with Crippen LogP contribution in [0.25, 0.3) is 10.2 Å². The highest BCUT2D eigenvalue weighted by molar-refractivity contribution is 7.22. The molecule has 0 saturated heterocycles. The van der Waals surface area contributed by atoms with Gasteiger partial charge >= 0.3 is 0 Å². The normalized spacial score (nSPS) is 10.6. The molecule has 1 aromatic carbocycles. The number of hydrogen-bond acceptors (Lipinski definition) is 4. The lowest BCUT2D eigenvalue weighted by Crippen LogP contribution is -2.13. The molecule has 78 valence electrons. The molecule has 1 aromatic heterocycles. The maximum Gasteiger partial charge on any atom is 0.216 e. The molecule has 2 N–H and O–H groups in total. The molecular weight excluding hydrogens is 210 g/mol. The van der Waals surface area contributed by atoms with Crippen LogP contribution < -0.4 is 5.06 Å². The number of nitrogens with zero attached hydrogens (tertiary/aromatic N) is 2. The fourth-order valence-corrected chi connectivity index (χ4v) is 2.25. The molecule has 0 spiro atoms. The fourth-order valence-electron chi connectivity index (χ4n) is 1.32. The number of thiazole rings is 1. The number of rotatable bonds is 2. The molecule has 5 heteroatoms. The molecule has 0 bridgehead atoms. The Morgan fingerprint density at radius 1 is 1.40 bits per heavy atom. The van der Waals surface area contributed by atoms with E-state index in [1.807, 2.05) is 26.0 Å². The van der Waals surface area contributed by atoms with Crippen LogP contribution in [0.5, 0.6) is 0 Å². The van der Waals surface area contributed by atoms with Crippen LogP contribution in [0.2, 0.25) is 0 Å². The van der Waals surface area contributed by atoms with Gasteiger partial charge in [0.2, 0.25) is 5.13 Å². The predicted molar refractivity (Wildman–Crippen MR) is 62.1 cm³/mol. The summed E-state index contributed by atoms with van der Waals surface area (Å²) in [5.41, 5.74) is 3.25. The molecule has 0 atom stereocenters. The Morgan fingerprint density at radius 2 is 2.07 bits per heavy atom. The molecule has 0 saturated carbocycles. The van der Waals surface area contributed by atoms with Gasteiger partial charge in [-0.2, -0.15) is 5.06 Å². The van der Waals surface area contributed by atoms with Crippen molar-refractivity contribution in [2.75, 3.05) is 5.06 Å². The molecule has 2 rings (SSSR count). The summed E-state index contributed by atoms with van der Waals surface area (Å²) in [4.78, 5) is 4.23. The summed E-state index contributed by atoms with van der Waals surface area (Å²) >= 11 is 1.37. The van der Waals surface area contributed by atoms with Gasteiger partial charge in [0.15, 0.2) is 0 Å². The third-order valence-corrected chi connectivity index (χ3v) is 3.32. The summed E-state index contributed by atoms with van der Waals surface area (Å²) in [7, 11) is 0. The largest absolute Gasteiger partial charge is 0.289 e. The monoisotopic (exact) mass is 221 g/mol. The predicted octanol–water partition coefficient (Wildman–Crippen LogP) is 2.72. The molecule has 0 aliphatic rings. The third-order valence-electron chi connectivity index (χ3n) is 2.31. The Kier molecular flexibility index (Phi) is 2.42. The minimum absolute atomic E-state index is 0.421. The van der Waals surface area contributed by atoms with E-state index in [1.54, 1.807) is 0 Å². The van der Waals surface area contributed by atoms with Crippen molar-refractivity contribution in [3.63, 3.8) is 0 Å². The first kappa shape index (κ1) is 10.1. The van der Waals surface area contributed by atoms with Gasteiger partial charge in [-0.1, -0.05) is 11.3 Å². The molecule has 4 nitrogen and oxygen atoms in total. The molecule has 15 heavy (non-hydrogen) atoms. The van der Waals surface area contributed by atoms with E-state index >= 15 is 0 Å². The summed E-state index contributed by atoms with van der Waals surface area (Å²) in [5.74, 6) is 0. The summed E-state index contributed by atoms with van der Waals surface area (Å²) in [6.45, 7) is 4.07. The Morgan fingerprint density at radius 3 is 2.73 bits per heavy atom. The summed E-state index contributed by atoms with van der Waals surface area (Å²) in [6.07, 6.45) is 0.831. The molecule has 0 aliphatic heterocycles. The lowest BCUT2D eigenvalue weighted by molar-refractivity contribution is 0.316. The van der Waals surface area contributed by atoms with Gasteiger partial charge < -0.3 is 0 Å². The fraction of sp³-hybridized carbons (Fsp3) is 0.200. The first-order valence-corrected chi connectivity index (χ1v) is 5.30. The van der Waals surface area contributed by atoms with Crippen LogP contribution in [0.3, 0.4) is 0 Å². The van der Waals surface area contributed by atoms with Crippen LogP contribution in [-0.4, -0.2) is 16.5 Å². The number of anilines is 1. The van der Waals surface area contributed by atoms with Crippen molar-refractivity contribution in [2.45, 2.75) is 13.8 Å². The van der Waals surface area contributed by atoms with Gasteiger partial charge in [0, 0.05) is 0 Å². The summed E-state index contributed by atoms with van der Waals surface area (Å²) in [5, 5.41) is 17.4. The van der Waals surface area contributed by atoms with E-state index in [0.717, 1.165) is 21.6 Å². The highest BCUT2D eigenvalue weighted by Crippen LogP contribution is 2.29. The van der Waals surface area contributed by atoms with Crippen molar-refractivity contribution in [2.24, 2.45) is 0 Å². The first-order valence-electron chi connectivity index (χ1n) is 4.48. The highest BCUT2D eigenvalue weighted by Gasteiger charge is 2.08. The van der Waals surface area contributed by atoms with Crippen LogP contribution in [0, 0.1) is 19.3 Å². The van der Waals surface area contributed by atoms with Crippen LogP contribution in [-0.2, 0) is 0 Å². The second-order valence-electron chi connectivity index (χ2n) is 3.37. The lowest BCUT2D eigenvalue weighted by Gasteiger charge is -2.02. The van der Waals surface area contributed by atoms with Gasteiger partial charge in [0.05, 0.1) is 10.2 Å². The Hall–Kier alpha value is -1.46. The maximum atomic E-state index is 9.31. The van der Waals surface area contributed by atoms with Crippen LogP contribution in [0.4, 0.5) is 5.13 Å². The second-order valence-corrected chi connectivity index (χ2v) is 4.38. The minimum atomic E-state index is 0.421. The van der Waals surface area contributed by atoms with Crippen molar-refractivity contribution in [3.8, 4) is 0 Å². The van der Waals surface area contributed by atoms with Crippen LogP contribution >= 0.6 is 11.3 Å². The molecule has 0 fully saturated rings. The molecule has 0 unspecified atom stereocenters. The van der Waals surface area contributed by atoms with Crippen molar-refractivity contribution in [3.05, 3.63) is 23.3 Å². The van der Waals surface area contributed by atoms with E-state index in [4.69, 9.17) is 5.41 Å². The van der Waals surface area contributed by atoms with Gasteiger partial charge in [-0.15, -0.1) is 0 Å². The topological polar surface area (TPSA) is 60.2 Å². The van der Waals surface area contributed by atoms with Crippen molar-refractivity contribution in [1.29, 1.82) is 5.41 Å². The van der Waals surface area contributed by atoms with E-state index in [9.17, 15) is 5.21 Å². The van der Waals surface area contributed by atoms with Crippen molar-refractivity contribution >= 4 is 33.0 Å². The number of fused-ring (bicyclic) bond motifs is 1.